The van der Waals surface area contributed by atoms with Crippen molar-refractivity contribution in [2.45, 2.75) is 0 Å². The molecule has 0 bridgehead atoms. The molecule has 14 heteroatoms. The van der Waals surface area contributed by atoms with Crippen LogP contribution in [-0.2, 0) is 30.6 Å². The number of benzene rings is 2. The molecule has 0 saturated carbocycles. The number of rotatable bonds is 10. The molecule has 214 valence electrons. The monoisotopic (exact) mass is 580 g/mol. The largest absolute Gasteiger partial charge is 0.500 e. The highest BCUT2D eigenvalue weighted by Gasteiger charge is 2.29. The van der Waals surface area contributed by atoms with E-state index in [4.69, 9.17) is 14.5 Å². The summed E-state index contributed by atoms with van der Waals surface area (Å²) < 4.78 is 45.4. The molecule has 2 N–H and O–H groups in total. The number of likely N-dealkylation sites (N-methyl/N-ethyl adjacent to an activating group) is 1. The second-order valence-corrected chi connectivity index (χ2v) is 10.5. The molecule has 2 aromatic carbocycles. The van der Waals surface area contributed by atoms with Gasteiger partial charge in [-0.3, -0.25) is 4.79 Å². The molecule has 1 amide bonds. The summed E-state index contributed by atoms with van der Waals surface area (Å²) in [6.07, 6.45) is 4.37. The van der Waals surface area contributed by atoms with Gasteiger partial charge in [0, 0.05) is 48.5 Å². The lowest BCUT2D eigenvalue weighted by Crippen LogP contribution is -2.21. The van der Waals surface area contributed by atoms with Gasteiger partial charge in [-0.15, -0.1) is 8.42 Å². The van der Waals surface area contributed by atoms with Gasteiger partial charge in [-0.05, 0) is 32.3 Å². The lowest BCUT2D eigenvalue weighted by Gasteiger charge is -2.18. The minimum Gasteiger partial charge on any atom is -0.494 e. The van der Waals surface area contributed by atoms with Crippen molar-refractivity contribution in [3.63, 3.8) is 0 Å². The van der Waals surface area contributed by atoms with Gasteiger partial charge in [-0.25, -0.2) is 9.97 Å². The first-order valence-corrected chi connectivity index (χ1v) is 13.7. The van der Waals surface area contributed by atoms with Crippen LogP contribution in [0, 0.1) is 0 Å². The number of carbonyl (C=O) groups excluding carboxylic acids is 1. The molecule has 5 rings (SSSR count). The third-order valence-electron chi connectivity index (χ3n) is 6.11. The number of para-hydroxylation sites is 1. The molecule has 41 heavy (non-hydrogen) atoms. The first-order chi connectivity index (χ1) is 19.6. The molecule has 1 aliphatic heterocycles. The van der Waals surface area contributed by atoms with Gasteiger partial charge < -0.3 is 37.9 Å². The molecule has 1 aliphatic rings. The first-order valence-electron chi connectivity index (χ1n) is 12.4. The summed E-state index contributed by atoms with van der Waals surface area (Å²) in [4.78, 5) is 23.8. The summed E-state index contributed by atoms with van der Waals surface area (Å²) >= 11 is 0. The number of ether oxygens (including phenoxy) is 2. The predicted octanol–water partition coefficient (Wildman–Crippen LogP) is 3.40. The minimum atomic E-state index is -4.31. The third-order valence-corrected chi connectivity index (χ3v) is 6.83. The zero-order valence-corrected chi connectivity index (χ0v) is 23.6. The number of aromatic nitrogens is 3. The second kappa shape index (κ2) is 11.3. The Balaban J connectivity index is 1.47. The summed E-state index contributed by atoms with van der Waals surface area (Å²) in [7, 11) is 2.96. The molecular formula is C27H28N6O7S. The number of aryl methyl sites for hydroxylation is 1. The molecule has 0 saturated heterocycles. The zero-order valence-electron chi connectivity index (χ0n) is 22.7. The fraction of sp³-hybridized carbons (Fsp3) is 0.222. The maximum absolute atomic E-state index is 12.8. The van der Waals surface area contributed by atoms with Crippen molar-refractivity contribution in [3.05, 3.63) is 66.9 Å². The lowest BCUT2D eigenvalue weighted by molar-refractivity contribution is -0.114. The summed E-state index contributed by atoms with van der Waals surface area (Å²) in [6.45, 7) is 0.906. The van der Waals surface area contributed by atoms with Gasteiger partial charge in [0.2, 0.25) is 11.7 Å². The Kier molecular flexibility index (Phi) is 7.68. The van der Waals surface area contributed by atoms with Crippen molar-refractivity contribution in [2.75, 3.05) is 45.0 Å². The predicted molar refractivity (Wildman–Crippen MR) is 152 cm³/mol. The van der Waals surface area contributed by atoms with Crippen LogP contribution in [0.15, 0.2) is 66.9 Å². The molecular weight excluding hydrogens is 552 g/mol. The number of amides is 1. The van der Waals surface area contributed by atoms with E-state index in [0.29, 0.717) is 36.5 Å². The molecule has 2 aromatic heterocycles. The van der Waals surface area contributed by atoms with Crippen LogP contribution in [0.3, 0.4) is 0 Å². The highest BCUT2D eigenvalue weighted by atomic mass is 32.3. The first kappa shape index (κ1) is 27.7. The summed E-state index contributed by atoms with van der Waals surface area (Å²) in [6, 6.07) is 13.0. The average molecular weight is 581 g/mol. The smallest absolute Gasteiger partial charge is 0.494 e. The normalized spacial score (nSPS) is 13.8. The van der Waals surface area contributed by atoms with Crippen LogP contribution in [0.5, 0.6) is 11.5 Å². The van der Waals surface area contributed by atoms with E-state index in [1.54, 1.807) is 18.3 Å². The van der Waals surface area contributed by atoms with Crippen molar-refractivity contribution >= 4 is 44.5 Å². The second-order valence-electron chi connectivity index (χ2n) is 9.29. The molecule has 4 aromatic rings. The Morgan fingerprint density at radius 2 is 1.93 bits per heavy atom. The van der Waals surface area contributed by atoms with Crippen molar-refractivity contribution in [1.29, 1.82) is 0 Å². The SMILES string of the molecule is COc1cc(OCCN(C)C)c(NC(=O)C2=COS(=O)(=O)O2)cc1Nc1nccc(-c2cn(C)c3ccccc23)n1. The van der Waals surface area contributed by atoms with Crippen LogP contribution in [-0.4, -0.2) is 68.1 Å². The summed E-state index contributed by atoms with van der Waals surface area (Å²) in [5.41, 5.74) is 3.36. The number of hydrogen-bond donors (Lipinski definition) is 2. The van der Waals surface area contributed by atoms with E-state index in [2.05, 4.69) is 24.0 Å². The Morgan fingerprint density at radius 1 is 1.12 bits per heavy atom. The molecule has 13 nitrogen and oxygen atoms in total. The van der Waals surface area contributed by atoms with Crippen LogP contribution < -0.4 is 20.1 Å². The van der Waals surface area contributed by atoms with Crippen molar-refractivity contribution in [3.8, 4) is 22.8 Å². The number of hydrogen-bond acceptors (Lipinski definition) is 11. The number of fused-ring (bicyclic) bond motifs is 1. The van der Waals surface area contributed by atoms with Gasteiger partial charge in [0.1, 0.15) is 18.1 Å². The third kappa shape index (κ3) is 6.18. The summed E-state index contributed by atoms with van der Waals surface area (Å²) in [5, 5.41) is 6.81. The van der Waals surface area contributed by atoms with E-state index in [-0.39, 0.29) is 17.4 Å². The fourth-order valence-corrected chi connectivity index (χ4v) is 4.72. The average Bonchev–Trinajstić information content (AvgIpc) is 3.48. The Morgan fingerprint density at radius 3 is 2.66 bits per heavy atom. The number of nitrogens with zero attached hydrogens (tertiary/aromatic N) is 4. The fourth-order valence-electron chi connectivity index (χ4n) is 4.15. The molecule has 0 fully saturated rings. The Labute approximate surface area is 236 Å². The van der Waals surface area contributed by atoms with Crippen LogP contribution in [0.25, 0.3) is 22.2 Å². The van der Waals surface area contributed by atoms with Gasteiger partial charge >= 0.3 is 10.4 Å². The molecule has 0 unspecified atom stereocenters. The van der Waals surface area contributed by atoms with Crippen molar-refractivity contribution in [2.24, 2.45) is 7.05 Å². The molecule has 0 radical (unpaired) electrons. The maximum Gasteiger partial charge on any atom is 0.500 e. The standard InChI is InChI=1S/C27H28N6O7S/c1-32(2)11-12-38-24-14-23(37-4)20(13-21(24)29-26(34)25-16-39-41(35,36)40-25)31-27-28-10-9-19(30-27)18-15-33(3)22-8-6-5-7-17(18)22/h5-10,13-16H,11-12H2,1-4H3,(H,29,34)(H,28,30,31). The zero-order chi connectivity index (χ0) is 29.1. The highest BCUT2D eigenvalue weighted by Crippen LogP contribution is 2.38. The quantitative estimate of drug-likeness (QED) is 0.285. The maximum atomic E-state index is 12.8. The lowest BCUT2D eigenvalue weighted by atomic mass is 10.1. The van der Waals surface area contributed by atoms with Gasteiger partial charge in [0.05, 0.1) is 24.2 Å². The van der Waals surface area contributed by atoms with Gasteiger partial charge in [-0.1, -0.05) is 18.2 Å². The van der Waals surface area contributed by atoms with E-state index in [1.807, 2.05) is 67.1 Å². The molecule has 3 heterocycles. The van der Waals surface area contributed by atoms with Crippen LogP contribution in [0.4, 0.5) is 17.3 Å². The van der Waals surface area contributed by atoms with E-state index < -0.39 is 22.1 Å². The number of carbonyl (C=O) groups is 1. The van der Waals surface area contributed by atoms with E-state index in [9.17, 15) is 13.2 Å². The van der Waals surface area contributed by atoms with Crippen molar-refractivity contribution < 1.29 is 31.1 Å². The van der Waals surface area contributed by atoms with E-state index in [0.717, 1.165) is 16.5 Å². The Hall–Kier alpha value is -4.82. The van der Waals surface area contributed by atoms with Crippen molar-refractivity contribution in [1.82, 2.24) is 19.4 Å². The number of nitrogens with one attached hydrogen (secondary N) is 2. The number of anilines is 3. The molecule has 0 atom stereocenters. The highest BCUT2D eigenvalue weighted by molar-refractivity contribution is 7.82. The molecule has 0 aliphatic carbocycles. The van der Waals surface area contributed by atoms with E-state index >= 15 is 0 Å². The van der Waals surface area contributed by atoms with E-state index in [1.165, 1.54) is 7.11 Å². The minimum absolute atomic E-state index is 0.219. The van der Waals surface area contributed by atoms with Crippen LogP contribution >= 0.6 is 0 Å². The van der Waals surface area contributed by atoms with Gasteiger partial charge in [0.25, 0.3) is 5.91 Å². The topological polar surface area (TPSA) is 146 Å². The molecule has 0 spiro atoms. The van der Waals surface area contributed by atoms with Crippen LogP contribution in [0.1, 0.15) is 0 Å². The van der Waals surface area contributed by atoms with Crippen LogP contribution in [0.2, 0.25) is 0 Å². The van der Waals surface area contributed by atoms with Gasteiger partial charge in [0.15, 0.2) is 6.26 Å². The Bertz CT molecular complexity index is 1750. The number of methoxy groups -OCH3 is 1. The van der Waals surface area contributed by atoms with Gasteiger partial charge in [-0.2, -0.15) is 0 Å². The summed E-state index contributed by atoms with van der Waals surface area (Å²) in [5.74, 6) is -0.414.